The predicted octanol–water partition coefficient (Wildman–Crippen LogP) is 5.66. The van der Waals surface area contributed by atoms with Gasteiger partial charge in [0.05, 0.1) is 5.52 Å². The molecule has 2 amide bonds. The van der Waals surface area contributed by atoms with E-state index in [1.807, 2.05) is 47.1 Å². The van der Waals surface area contributed by atoms with Crippen molar-refractivity contribution in [2.75, 3.05) is 60.5 Å². The maximum atomic E-state index is 13.3. The molecular formula is C32H38Cl2N6O. The van der Waals surface area contributed by atoms with Crippen LogP contribution in [-0.4, -0.2) is 61.7 Å². The quantitative estimate of drug-likeness (QED) is 0.300. The van der Waals surface area contributed by atoms with Gasteiger partial charge in [0.1, 0.15) is 0 Å². The fraction of sp³-hybridized carbons (Fsp3) is 0.312. The third-order valence-electron chi connectivity index (χ3n) is 8.01. The lowest BCUT2D eigenvalue weighted by atomic mass is 10.1. The number of carbonyl (C=O) groups is 1. The first-order chi connectivity index (χ1) is 19.1. The van der Waals surface area contributed by atoms with Crippen LogP contribution in [0, 0.1) is 6.92 Å². The molecule has 0 radical (unpaired) electrons. The number of fused-ring (bicyclic) bond motifs is 1. The summed E-state index contributed by atoms with van der Waals surface area (Å²) in [7, 11) is 0. The molecule has 3 heterocycles. The van der Waals surface area contributed by atoms with E-state index in [4.69, 9.17) is 10.7 Å². The van der Waals surface area contributed by atoms with Gasteiger partial charge >= 0.3 is 6.03 Å². The molecule has 3 aromatic carbocycles. The van der Waals surface area contributed by atoms with Gasteiger partial charge in [0.25, 0.3) is 0 Å². The molecule has 2 saturated heterocycles. The molecule has 4 aromatic rings. The lowest BCUT2D eigenvalue weighted by Crippen LogP contribution is -2.47. The van der Waals surface area contributed by atoms with Crippen LogP contribution in [0.3, 0.4) is 0 Å². The number of aromatic nitrogens is 1. The van der Waals surface area contributed by atoms with Gasteiger partial charge in [-0.2, -0.15) is 0 Å². The Labute approximate surface area is 254 Å². The van der Waals surface area contributed by atoms with Gasteiger partial charge in [-0.25, -0.2) is 4.79 Å². The zero-order chi connectivity index (χ0) is 26.8. The van der Waals surface area contributed by atoms with Gasteiger partial charge in [0, 0.05) is 80.5 Å². The third-order valence-corrected chi connectivity index (χ3v) is 8.01. The number of aryl methyl sites for hydroxylation is 1. The van der Waals surface area contributed by atoms with Gasteiger partial charge in [-0.3, -0.25) is 19.7 Å². The molecule has 7 nitrogen and oxygen atoms in total. The molecule has 41 heavy (non-hydrogen) atoms. The minimum Gasteiger partial charge on any atom is -0.368 e. The SMILES string of the molecule is Cc1ccc2c(N3CCN(CCc4cccc(N5CCN(c6ccccc6CN)C5=O)c4)CC3)cccc2n1.Cl.Cl. The number of pyridine rings is 1. The zero-order valence-corrected chi connectivity index (χ0v) is 25.0. The summed E-state index contributed by atoms with van der Waals surface area (Å²) in [6.45, 7) is 8.90. The summed E-state index contributed by atoms with van der Waals surface area (Å²) in [6.07, 6.45) is 0.965. The second-order valence-corrected chi connectivity index (χ2v) is 10.5. The van der Waals surface area contributed by atoms with E-state index in [0.717, 1.165) is 67.3 Å². The zero-order valence-electron chi connectivity index (χ0n) is 23.4. The van der Waals surface area contributed by atoms with Crippen LogP contribution in [0.2, 0.25) is 0 Å². The second kappa shape index (κ2) is 13.5. The molecule has 0 saturated carbocycles. The molecule has 2 fully saturated rings. The van der Waals surface area contributed by atoms with Gasteiger partial charge < -0.3 is 10.6 Å². The topological polar surface area (TPSA) is 68.9 Å². The number of urea groups is 1. The van der Waals surface area contributed by atoms with Crippen molar-refractivity contribution < 1.29 is 4.79 Å². The van der Waals surface area contributed by atoms with Crippen LogP contribution in [0.15, 0.2) is 78.9 Å². The highest BCUT2D eigenvalue weighted by atomic mass is 35.5. The van der Waals surface area contributed by atoms with Crippen LogP contribution in [0.25, 0.3) is 10.9 Å². The van der Waals surface area contributed by atoms with E-state index in [2.05, 4.69) is 58.3 Å². The Kier molecular flexibility index (Phi) is 10.1. The van der Waals surface area contributed by atoms with Gasteiger partial charge in [-0.05, 0) is 66.9 Å². The minimum absolute atomic E-state index is 0. The Morgan fingerprint density at radius 2 is 1.51 bits per heavy atom. The van der Waals surface area contributed by atoms with Crippen LogP contribution >= 0.6 is 24.8 Å². The first kappa shape index (κ1) is 30.6. The summed E-state index contributed by atoms with van der Waals surface area (Å²) in [5.41, 5.74) is 13.5. The van der Waals surface area contributed by atoms with E-state index in [-0.39, 0.29) is 30.8 Å². The summed E-state index contributed by atoms with van der Waals surface area (Å²) in [6, 6.07) is 27.1. The normalized spacial score (nSPS) is 15.7. The van der Waals surface area contributed by atoms with E-state index < -0.39 is 0 Å². The molecule has 2 aliphatic heterocycles. The molecular weight excluding hydrogens is 555 g/mol. The van der Waals surface area contributed by atoms with E-state index >= 15 is 0 Å². The summed E-state index contributed by atoms with van der Waals surface area (Å²) >= 11 is 0. The molecule has 0 unspecified atom stereocenters. The molecule has 6 rings (SSSR count). The highest BCUT2D eigenvalue weighted by Crippen LogP contribution is 2.29. The minimum atomic E-state index is 0. The van der Waals surface area contributed by atoms with Crippen LogP contribution < -0.4 is 20.4 Å². The van der Waals surface area contributed by atoms with E-state index in [9.17, 15) is 4.79 Å². The highest BCUT2D eigenvalue weighted by molar-refractivity contribution is 6.06. The lowest BCUT2D eigenvalue weighted by molar-refractivity contribution is 0.256. The second-order valence-electron chi connectivity index (χ2n) is 10.5. The van der Waals surface area contributed by atoms with Crippen LogP contribution in [0.4, 0.5) is 21.9 Å². The van der Waals surface area contributed by atoms with Crippen molar-refractivity contribution in [3.05, 3.63) is 95.7 Å². The van der Waals surface area contributed by atoms with Crippen molar-refractivity contribution in [2.45, 2.75) is 19.9 Å². The predicted molar refractivity (Wildman–Crippen MR) is 174 cm³/mol. The Morgan fingerprint density at radius 3 is 2.32 bits per heavy atom. The van der Waals surface area contributed by atoms with Crippen molar-refractivity contribution in [3.63, 3.8) is 0 Å². The van der Waals surface area contributed by atoms with Crippen LogP contribution in [0.1, 0.15) is 16.8 Å². The standard InChI is InChI=1S/C32H36N6O.2ClH/c1-24-12-13-28-29(34-24)9-5-11-31(28)36-18-16-35(17-19-36)15-14-25-6-4-8-27(22-25)37-20-21-38(32(37)39)30-10-3-2-7-26(30)23-33;;/h2-13,22H,14-21,23,33H2,1H3;2*1H. The van der Waals surface area contributed by atoms with Crippen LogP contribution in [0.5, 0.6) is 0 Å². The number of hydrogen-bond donors (Lipinski definition) is 1. The summed E-state index contributed by atoms with van der Waals surface area (Å²) < 4.78 is 0. The molecule has 0 atom stereocenters. The fourth-order valence-electron chi connectivity index (χ4n) is 5.84. The molecule has 2 N–H and O–H groups in total. The number of amides is 2. The van der Waals surface area contributed by atoms with Gasteiger partial charge in [-0.1, -0.05) is 36.4 Å². The van der Waals surface area contributed by atoms with Crippen molar-refractivity contribution >= 4 is 58.8 Å². The summed E-state index contributed by atoms with van der Waals surface area (Å²) in [5, 5.41) is 1.23. The van der Waals surface area contributed by atoms with Gasteiger partial charge in [-0.15, -0.1) is 24.8 Å². The summed E-state index contributed by atoms with van der Waals surface area (Å²) in [4.78, 5) is 26.8. The van der Waals surface area contributed by atoms with Crippen molar-refractivity contribution in [2.24, 2.45) is 5.73 Å². The first-order valence-electron chi connectivity index (χ1n) is 13.9. The number of rotatable bonds is 7. The smallest absolute Gasteiger partial charge is 0.329 e. The number of halogens is 2. The molecule has 2 aliphatic rings. The molecule has 216 valence electrons. The van der Waals surface area contributed by atoms with E-state index in [1.165, 1.54) is 16.6 Å². The summed E-state index contributed by atoms with van der Waals surface area (Å²) in [5.74, 6) is 0. The molecule has 0 bridgehead atoms. The number of anilines is 3. The molecule has 0 spiro atoms. The average Bonchev–Trinajstić information content (AvgIpc) is 3.37. The monoisotopic (exact) mass is 592 g/mol. The maximum Gasteiger partial charge on any atom is 0.329 e. The van der Waals surface area contributed by atoms with Crippen LogP contribution in [-0.2, 0) is 13.0 Å². The lowest BCUT2D eigenvalue weighted by Gasteiger charge is -2.36. The number of carbonyl (C=O) groups excluding carboxylic acids is 1. The van der Waals surface area contributed by atoms with Crippen molar-refractivity contribution in [1.82, 2.24) is 9.88 Å². The highest BCUT2D eigenvalue weighted by Gasteiger charge is 2.31. The molecule has 9 heteroatoms. The Hall–Kier alpha value is -3.36. The maximum absolute atomic E-state index is 13.3. The van der Waals surface area contributed by atoms with Crippen molar-refractivity contribution in [3.8, 4) is 0 Å². The van der Waals surface area contributed by atoms with Gasteiger partial charge in [0.2, 0.25) is 0 Å². The number of piperazine rings is 1. The Bertz CT molecular complexity index is 1490. The number of para-hydroxylation sites is 1. The number of nitrogens with zero attached hydrogens (tertiary/aromatic N) is 5. The number of benzene rings is 3. The first-order valence-corrected chi connectivity index (χ1v) is 13.9. The Morgan fingerprint density at radius 1 is 0.780 bits per heavy atom. The Balaban J connectivity index is 0.00000194. The largest absolute Gasteiger partial charge is 0.368 e. The van der Waals surface area contributed by atoms with Crippen molar-refractivity contribution in [1.29, 1.82) is 0 Å². The fourth-order valence-corrected chi connectivity index (χ4v) is 5.84. The molecule has 1 aromatic heterocycles. The molecule has 0 aliphatic carbocycles. The third kappa shape index (κ3) is 6.44. The van der Waals surface area contributed by atoms with Gasteiger partial charge in [0.15, 0.2) is 0 Å². The van der Waals surface area contributed by atoms with E-state index in [1.54, 1.807) is 0 Å². The number of nitrogens with two attached hydrogens (primary N) is 1. The average molecular weight is 594 g/mol. The number of hydrogen-bond acceptors (Lipinski definition) is 5. The van der Waals surface area contributed by atoms with E-state index in [0.29, 0.717) is 19.6 Å².